The van der Waals surface area contributed by atoms with Crippen LogP contribution in [0, 0.1) is 0 Å². The predicted molar refractivity (Wildman–Crippen MR) is 105 cm³/mol. The van der Waals surface area contributed by atoms with Gasteiger partial charge in [-0.3, -0.25) is 4.79 Å². The summed E-state index contributed by atoms with van der Waals surface area (Å²) in [4.78, 5) is 15.7. The summed E-state index contributed by atoms with van der Waals surface area (Å²) in [6.07, 6.45) is 0. The highest BCUT2D eigenvalue weighted by molar-refractivity contribution is 6.31. The van der Waals surface area contributed by atoms with Gasteiger partial charge in [0.1, 0.15) is 6.54 Å². The van der Waals surface area contributed by atoms with Crippen LogP contribution in [0.4, 0.5) is 11.4 Å². The van der Waals surface area contributed by atoms with E-state index in [4.69, 9.17) is 16.3 Å². The van der Waals surface area contributed by atoms with Gasteiger partial charge in [0.2, 0.25) is 0 Å². The number of quaternary nitrogens is 1. The summed E-state index contributed by atoms with van der Waals surface area (Å²) < 4.78 is 5.38. The van der Waals surface area contributed by atoms with Gasteiger partial charge in [-0.15, -0.1) is 0 Å². The second-order valence-corrected chi connectivity index (χ2v) is 7.00. The zero-order valence-corrected chi connectivity index (χ0v) is 15.8. The van der Waals surface area contributed by atoms with Gasteiger partial charge in [-0.2, -0.15) is 0 Å². The fourth-order valence-electron chi connectivity index (χ4n) is 3.09. The van der Waals surface area contributed by atoms with E-state index in [1.807, 2.05) is 55.6 Å². The Balaban J connectivity index is 1.50. The average molecular weight is 375 g/mol. The molecule has 1 aliphatic heterocycles. The molecule has 138 valence electrons. The Bertz CT molecular complexity index is 730. The number of rotatable bonds is 6. The van der Waals surface area contributed by atoms with Crippen LogP contribution in [-0.2, 0) is 16.1 Å². The first-order chi connectivity index (χ1) is 12.6. The number of nitrogens with zero attached hydrogens (tertiary/aromatic N) is 1. The third-order valence-corrected chi connectivity index (χ3v) is 4.81. The van der Waals surface area contributed by atoms with E-state index >= 15 is 0 Å². The van der Waals surface area contributed by atoms with Gasteiger partial charge < -0.3 is 19.9 Å². The van der Waals surface area contributed by atoms with E-state index in [1.54, 1.807) is 0 Å². The molecule has 2 aromatic rings. The molecule has 1 atom stereocenters. The van der Waals surface area contributed by atoms with E-state index in [9.17, 15) is 4.79 Å². The van der Waals surface area contributed by atoms with Gasteiger partial charge in [0.05, 0.1) is 20.3 Å². The van der Waals surface area contributed by atoms with Crippen molar-refractivity contribution in [2.24, 2.45) is 0 Å². The summed E-state index contributed by atoms with van der Waals surface area (Å²) in [6, 6.07) is 15.7. The lowest BCUT2D eigenvalue weighted by atomic mass is 10.2. The number of carbonyl (C=O) groups excluding carboxylic acids is 1. The highest BCUT2D eigenvalue weighted by Gasteiger charge is 2.14. The molecule has 5 nitrogen and oxygen atoms in total. The number of hydrogen-bond donors (Lipinski definition) is 2. The van der Waals surface area contributed by atoms with Crippen molar-refractivity contribution >= 4 is 28.9 Å². The minimum atomic E-state index is -0.00586. The normalized spacial score (nSPS) is 15.5. The van der Waals surface area contributed by atoms with Gasteiger partial charge in [0, 0.05) is 35.1 Å². The van der Waals surface area contributed by atoms with Gasteiger partial charge in [-0.05, 0) is 30.3 Å². The molecule has 0 saturated carbocycles. The molecule has 3 rings (SSSR count). The molecular formula is C20H25ClN3O2+. The summed E-state index contributed by atoms with van der Waals surface area (Å²) in [5.41, 5.74) is 3.03. The van der Waals surface area contributed by atoms with E-state index in [0.717, 1.165) is 53.2 Å². The molecule has 6 heteroatoms. The van der Waals surface area contributed by atoms with Gasteiger partial charge in [0.25, 0.3) is 5.91 Å². The van der Waals surface area contributed by atoms with Crippen molar-refractivity contribution in [2.75, 3.05) is 50.1 Å². The van der Waals surface area contributed by atoms with Gasteiger partial charge >= 0.3 is 0 Å². The Kier molecular flexibility index (Phi) is 6.50. The van der Waals surface area contributed by atoms with Crippen LogP contribution in [0.2, 0.25) is 5.02 Å². The molecule has 1 saturated heterocycles. The van der Waals surface area contributed by atoms with Crippen molar-refractivity contribution in [2.45, 2.75) is 6.54 Å². The summed E-state index contributed by atoms with van der Waals surface area (Å²) >= 11 is 6.19. The van der Waals surface area contributed by atoms with Crippen LogP contribution < -0.4 is 15.1 Å². The first kappa shape index (κ1) is 18.7. The molecule has 1 fully saturated rings. The number of ether oxygens (including phenoxy) is 1. The van der Waals surface area contributed by atoms with Crippen LogP contribution in [0.3, 0.4) is 0 Å². The summed E-state index contributed by atoms with van der Waals surface area (Å²) in [7, 11) is 1.99. The van der Waals surface area contributed by atoms with Crippen molar-refractivity contribution in [3.8, 4) is 0 Å². The minimum absolute atomic E-state index is 0.00586. The zero-order valence-electron chi connectivity index (χ0n) is 15.0. The Morgan fingerprint density at radius 1 is 1.15 bits per heavy atom. The molecule has 1 aliphatic rings. The minimum Gasteiger partial charge on any atom is -0.378 e. The van der Waals surface area contributed by atoms with Gasteiger partial charge in [-0.25, -0.2) is 0 Å². The first-order valence-electron chi connectivity index (χ1n) is 8.89. The van der Waals surface area contributed by atoms with Gasteiger partial charge in [-0.1, -0.05) is 29.8 Å². The molecule has 0 aromatic heterocycles. The second kappa shape index (κ2) is 9.03. The summed E-state index contributed by atoms with van der Waals surface area (Å²) in [5, 5.41) is 3.71. The van der Waals surface area contributed by atoms with Crippen LogP contribution in [0.25, 0.3) is 0 Å². The van der Waals surface area contributed by atoms with E-state index in [1.165, 1.54) is 0 Å². The lowest BCUT2D eigenvalue weighted by molar-refractivity contribution is -0.885. The number of hydrogen-bond acceptors (Lipinski definition) is 3. The Morgan fingerprint density at radius 2 is 1.85 bits per heavy atom. The van der Waals surface area contributed by atoms with Crippen molar-refractivity contribution < 1.29 is 14.4 Å². The van der Waals surface area contributed by atoms with Gasteiger partial charge in [0.15, 0.2) is 6.54 Å². The molecule has 0 spiro atoms. The molecule has 1 unspecified atom stereocenters. The highest BCUT2D eigenvalue weighted by Crippen LogP contribution is 2.19. The van der Waals surface area contributed by atoms with Crippen LogP contribution in [0.5, 0.6) is 0 Å². The third kappa shape index (κ3) is 5.21. The zero-order chi connectivity index (χ0) is 18.4. The molecular weight excluding hydrogens is 350 g/mol. The molecule has 1 heterocycles. The molecule has 0 bridgehead atoms. The Labute approximate surface area is 159 Å². The Hall–Kier alpha value is -2.08. The van der Waals surface area contributed by atoms with Crippen LogP contribution in [-0.4, -0.2) is 45.8 Å². The number of anilines is 2. The number of carbonyl (C=O) groups is 1. The molecule has 2 aromatic carbocycles. The van der Waals surface area contributed by atoms with Crippen LogP contribution in [0.1, 0.15) is 5.56 Å². The monoisotopic (exact) mass is 374 g/mol. The smallest absolute Gasteiger partial charge is 0.279 e. The lowest BCUT2D eigenvalue weighted by Gasteiger charge is -2.28. The Morgan fingerprint density at radius 3 is 2.54 bits per heavy atom. The highest BCUT2D eigenvalue weighted by atomic mass is 35.5. The SMILES string of the molecule is C[NH+](CC(=O)Nc1ccc(N2CCOCC2)cc1)Cc1ccccc1Cl. The van der Waals surface area contributed by atoms with Crippen molar-refractivity contribution in [1.29, 1.82) is 0 Å². The maximum atomic E-state index is 12.3. The van der Waals surface area contributed by atoms with E-state index in [-0.39, 0.29) is 5.91 Å². The third-order valence-electron chi connectivity index (χ3n) is 4.44. The number of morpholine rings is 1. The number of benzene rings is 2. The molecule has 0 aliphatic carbocycles. The van der Waals surface area contributed by atoms with Crippen molar-refractivity contribution in [3.05, 3.63) is 59.1 Å². The predicted octanol–water partition coefficient (Wildman–Crippen LogP) is 1.83. The fraction of sp³-hybridized carbons (Fsp3) is 0.350. The topological polar surface area (TPSA) is 46.0 Å². The molecule has 2 N–H and O–H groups in total. The molecule has 26 heavy (non-hydrogen) atoms. The number of halogens is 1. The first-order valence-corrected chi connectivity index (χ1v) is 9.27. The second-order valence-electron chi connectivity index (χ2n) is 6.60. The standard InChI is InChI=1S/C20H24ClN3O2/c1-23(14-16-4-2-3-5-19(16)21)15-20(25)22-17-6-8-18(9-7-17)24-10-12-26-13-11-24/h2-9H,10-15H2,1H3,(H,22,25)/p+1. The van der Waals surface area contributed by atoms with E-state index in [0.29, 0.717) is 13.1 Å². The van der Waals surface area contributed by atoms with Crippen molar-refractivity contribution in [1.82, 2.24) is 0 Å². The molecule has 0 radical (unpaired) electrons. The maximum absolute atomic E-state index is 12.3. The quantitative estimate of drug-likeness (QED) is 0.811. The molecule has 1 amide bonds. The van der Waals surface area contributed by atoms with Crippen LogP contribution in [0.15, 0.2) is 48.5 Å². The number of nitrogens with one attached hydrogen (secondary N) is 2. The number of amides is 1. The number of likely N-dealkylation sites (N-methyl/N-ethyl adjacent to an activating group) is 1. The average Bonchev–Trinajstić information content (AvgIpc) is 2.65. The lowest BCUT2D eigenvalue weighted by Crippen LogP contribution is -3.08. The van der Waals surface area contributed by atoms with E-state index < -0.39 is 0 Å². The van der Waals surface area contributed by atoms with E-state index in [2.05, 4.69) is 10.2 Å². The maximum Gasteiger partial charge on any atom is 0.279 e. The largest absolute Gasteiger partial charge is 0.378 e. The summed E-state index contributed by atoms with van der Waals surface area (Å²) in [5.74, 6) is -0.00586. The summed E-state index contributed by atoms with van der Waals surface area (Å²) in [6.45, 7) is 4.43. The van der Waals surface area contributed by atoms with Crippen molar-refractivity contribution in [3.63, 3.8) is 0 Å². The fourth-order valence-corrected chi connectivity index (χ4v) is 3.29. The van der Waals surface area contributed by atoms with Crippen LogP contribution >= 0.6 is 11.6 Å².